The Kier molecular flexibility index (Phi) is 3.94. The third kappa shape index (κ3) is 2.55. The maximum atomic E-state index is 10.4. The average molecular weight is 354 g/mol. The van der Waals surface area contributed by atoms with E-state index in [0.717, 1.165) is 28.2 Å². The lowest BCUT2D eigenvalue weighted by Gasteiger charge is -2.28. The summed E-state index contributed by atoms with van der Waals surface area (Å²) in [6, 6.07) is 7.29. The predicted molar refractivity (Wildman–Crippen MR) is 97.5 cm³/mol. The third-order valence-corrected chi connectivity index (χ3v) is 5.03. The summed E-state index contributed by atoms with van der Waals surface area (Å²) in [7, 11) is 1.62. The zero-order valence-electron chi connectivity index (χ0n) is 15.1. The maximum absolute atomic E-state index is 10.4. The second-order valence-corrected chi connectivity index (χ2v) is 6.99. The summed E-state index contributed by atoms with van der Waals surface area (Å²) >= 11 is 0. The number of rotatable bonds is 3. The summed E-state index contributed by atoms with van der Waals surface area (Å²) in [6.45, 7) is 4.44. The van der Waals surface area contributed by atoms with E-state index < -0.39 is 0 Å². The van der Waals surface area contributed by atoms with Gasteiger partial charge in [-0.1, -0.05) is 11.6 Å². The fourth-order valence-corrected chi connectivity index (χ4v) is 3.64. The lowest BCUT2D eigenvalue weighted by Crippen LogP contribution is -2.23. The first-order chi connectivity index (χ1) is 12.5. The molecule has 0 aliphatic carbocycles. The molecule has 0 aromatic heterocycles. The van der Waals surface area contributed by atoms with Crippen molar-refractivity contribution >= 4 is 0 Å². The first-order valence-electron chi connectivity index (χ1n) is 8.68. The van der Waals surface area contributed by atoms with Crippen molar-refractivity contribution in [2.75, 3.05) is 13.7 Å². The predicted octanol–water partition coefficient (Wildman–Crippen LogP) is 4.22. The molecule has 5 nitrogen and oxygen atoms in total. The van der Waals surface area contributed by atoms with Gasteiger partial charge in [0, 0.05) is 22.8 Å². The number of hydrogen-bond acceptors (Lipinski definition) is 5. The minimum absolute atomic E-state index is 0.0251. The number of fused-ring (bicyclic) bond motifs is 5. The van der Waals surface area contributed by atoms with Crippen LogP contribution in [0.1, 0.15) is 42.6 Å². The van der Waals surface area contributed by atoms with Crippen LogP contribution in [0.5, 0.6) is 28.7 Å². The summed E-state index contributed by atoms with van der Waals surface area (Å²) in [6.07, 6.45) is 2.31. The smallest absolute Gasteiger partial charge is 0.164 e. The molecular formula is C21H22O5. The number of aromatic hydroxyl groups is 2. The molecule has 5 heteroatoms. The van der Waals surface area contributed by atoms with E-state index in [1.54, 1.807) is 13.2 Å². The Morgan fingerprint density at radius 1 is 1.23 bits per heavy atom. The highest BCUT2D eigenvalue weighted by molar-refractivity contribution is 5.62. The Balaban J connectivity index is 1.78. The molecule has 2 aromatic rings. The molecule has 0 fully saturated rings. The van der Waals surface area contributed by atoms with Crippen molar-refractivity contribution in [1.82, 2.24) is 0 Å². The summed E-state index contributed by atoms with van der Waals surface area (Å²) in [5.41, 5.74) is 3.58. The summed E-state index contributed by atoms with van der Waals surface area (Å²) < 4.78 is 17.5. The Hall–Kier alpha value is -2.82. The van der Waals surface area contributed by atoms with Gasteiger partial charge in [-0.2, -0.15) is 0 Å². The third-order valence-electron chi connectivity index (χ3n) is 5.03. The van der Waals surface area contributed by atoms with Crippen molar-refractivity contribution < 1.29 is 24.4 Å². The van der Waals surface area contributed by atoms with Gasteiger partial charge in [0.05, 0.1) is 19.6 Å². The molecule has 26 heavy (non-hydrogen) atoms. The van der Waals surface area contributed by atoms with E-state index in [0.29, 0.717) is 24.3 Å². The molecule has 0 spiro atoms. The van der Waals surface area contributed by atoms with Crippen LogP contribution in [0.15, 0.2) is 35.9 Å². The van der Waals surface area contributed by atoms with Crippen molar-refractivity contribution in [1.29, 1.82) is 0 Å². The molecule has 0 bridgehead atoms. The van der Waals surface area contributed by atoms with E-state index in [4.69, 9.17) is 14.2 Å². The van der Waals surface area contributed by atoms with Crippen molar-refractivity contribution in [3.63, 3.8) is 0 Å². The van der Waals surface area contributed by atoms with Gasteiger partial charge < -0.3 is 24.4 Å². The molecule has 0 amide bonds. The molecule has 0 saturated heterocycles. The maximum Gasteiger partial charge on any atom is 0.164 e. The molecule has 2 atom stereocenters. The lowest BCUT2D eigenvalue weighted by molar-refractivity contribution is 0.138. The molecule has 0 saturated carbocycles. The Morgan fingerprint density at radius 3 is 2.77 bits per heavy atom. The molecule has 2 N–H and O–H groups in total. The van der Waals surface area contributed by atoms with Gasteiger partial charge in [0.15, 0.2) is 11.5 Å². The lowest BCUT2D eigenvalue weighted by atomic mass is 9.88. The Bertz CT molecular complexity index is 896. The number of phenolic OH excluding ortho intramolecular Hbond substituents is 2. The number of hydrogen-bond donors (Lipinski definition) is 2. The summed E-state index contributed by atoms with van der Waals surface area (Å²) in [5.74, 6) is 1.87. The van der Waals surface area contributed by atoms with E-state index >= 15 is 0 Å². The van der Waals surface area contributed by atoms with E-state index in [-0.39, 0.29) is 23.5 Å². The summed E-state index contributed by atoms with van der Waals surface area (Å²) in [4.78, 5) is 0. The monoisotopic (exact) mass is 354 g/mol. The van der Waals surface area contributed by atoms with Crippen LogP contribution in [0.3, 0.4) is 0 Å². The largest absolute Gasteiger partial charge is 0.504 e. The van der Waals surface area contributed by atoms with Gasteiger partial charge in [-0.3, -0.25) is 0 Å². The standard InChI is InChI=1S/C21H22O5/c1-11(2)4-6-14-19(23)17(22)9-15-16-10-25-18-8-12(24-3)5-7-13(18)20(16)26-21(14)15/h4-5,7-9,16,20,22-23H,6,10H2,1-3H3. The van der Waals surface area contributed by atoms with Gasteiger partial charge in [-0.25, -0.2) is 0 Å². The highest BCUT2D eigenvalue weighted by atomic mass is 16.5. The van der Waals surface area contributed by atoms with Crippen LogP contribution in [0, 0.1) is 0 Å². The minimum Gasteiger partial charge on any atom is -0.504 e. The normalized spacial score (nSPS) is 19.5. The number of allylic oxidation sites excluding steroid dienone is 2. The number of ether oxygens (including phenoxy) is 3. The van der Waals surface area contributed by atoms with Crippen molar-refractivity contribution in [2.45, 2.75) is 32.3 Å². The zero-order chi connectivity index (χ0) is 18.4. The molecule has 136 valence electrons. The molecular weight excluding hydrogens is 332 g/mol. The van der Waals surface area contributed by atoms with Gasteiger partial charge >= 0.3 is 0 Å². The van der Waals surface area contributed by atoms with E-state index in [1.807, 2.05) is 38.1 Å². The molecule has 2 aliphatic rings. The second kappa shape index (κ2) is 6.16. The Morgan fingerprint density at radius 2 is 2.04 bits per heavy atom. The molecule has 4 rings (SSSR count). The van der Waals surface area contributed by atoms with Crippen LogP contribution in [0.2, 0.25) is 0 Å². The minimum atomic E-state index is -0.202. The van der Waals surface area contributed by atoms with Gasteiger partial charge in [-0.05, 0) is 38.5 Å². The fourth-order valence-electron chi connectivity index (χ4n) is 3.64. The molecule has 2 heterocycles. The van der Waals surface area contributed by atoms with Crippen LogP contribution in [0.25, 0.3) is 0 Å². The quantitative estimate of drug-likeness (QED) is 0.638. The number of benzene rings is 2. The fraction of sp³-hybridized carbons (Fsp3) is 0.333. The summed E-state index contributed by atoms with van der Waals surface area (Å²) in [5, 5.41) is 20.6. The first-order valence-corrected chi connectivity index (χ1v) is 8.68. The number of phenols is 2. The van der Waals surface area contributed by atoms with Gasteiger partial charge in [0.2, 0.25) is 0 Å². The van der Waals surface area contributed by atoms with E-state index in [1.165, 1.54) is 0 Å². The van der Waals surface area contributed by atoms with Crippen LogP contribution in [-0.4, -0.2) is 23.9 Å². The Labute approximate surface area is 152 Å². The zero-order valence-corrected chi connectivity index (χ0v) is 15.1. The van der Waals surface area contributed by atoms with E-state index in [2.05, 4.69) is 0 Å². The van der Waals surface area contributed by atoms with Crippen LogP contribution < -0.4 is 14.2 Å². The average Bonchev–Trinajstić information content (AvgIpc) is 2.99. The van der Waals surface area contributed by atoms with Gasteiger partial charge in [-0.15, -0.1) is 0 Å². The first kappa shape index (κ1) is 16.6. The molecule has 2 unspecified atom stereocenters. The van der Waals surface area contributed by atoms with Gasteiger partial charge in [0.25, 0.3) is 0 Å². The second-order valence-electron chi connectivity index (χ2n) is 6.99. The number of methoxy groups -OCH3 is 1. The molecule has 2 aliphatic heterocycles. The van der Waals surface area contributed by atoms with Crippen LogP contribution in [0.4, 0.5) is 0 Å². The SMILES string of the molecule is COc1ccc2c(c1)OCC1c3cc(O)c(O)c(CC=C(C)C)c3OC21. The van der Waals surface area contributed by atoms with E-state index in [9.17, 15) is 10.2 Å². The highest BCUT2D eigenvalue weighted by Gasteiger charge is 2.43. The van der Waals surface area contributed by atoms with Crippen molar-refractivity contribution in [3.05, 3.63) is 52.6 Å². The van der Waals surface area contributed by atoms with Crippen molar-refractivity contribution in [2.24, 2.45) is 0 Å². The molecule has 0 radical (unpaired) electrons. The molecule has 2 aromatic carbocycles. The van der Waals surface area contributed by atoms with Crippen LogP contribution >= 0.6 is 0 Å². The van der Waals surface area contributed by atoms with Crippen LogP contribution in [-0.2, 0) is 6.42 Å². The highest BCUT2D eigenvalue weighted by Crippen LogP contribution is 2.55. The van der Waals surface area contributed by atoms with Crippen molar-refractivity contribution in [3.8, 4) is 28.7 Å². The van der Waals surface area contributed by atoms with Gasteiger partial charge in [0.1, 0.15) is 23.4 Å². The topological polar surface area (TPSA) is 68.2 Å².